The van der Waals surface area contributed by atoms with E-state index in [9.17, 15) is 4.39 Å². The molecule has 3 nitrogen and oxygen atoms in total. The van der Waals surface area contributed by atoms with E-state index < -0.39 is 0 Å². The lowest BCUT2D eigenvalue weighted by atomic mass is 10.0. The Morgan fingerprint density at radius 2 is 2.08 bits per heavy atom. The minimum absolute atomic E-state index is 0.113. The zero-order valence-corrected chi connectivity index (χ0v) is 14.9. The van der Waals surface area contributed by atoms with Gasteiger partial charge in [0.1, 0.15) is 5.82 Å². The third-order valence-corrected chi connectivity index (χ3v) is 5.78. The van der Waals surface area contributed by atoms with E-state index in [1.165, 1.54) is 5.56 Å². The zero-order valence-electron chi connectivity index (χ0n) is 14.1. The molecule has 0 bridgehead atoms. The molecule has 0 fully saturated rings. The third kappa shape index (κ3) is 3.34. The summed E-state index contributed by atoms with van der Waals surface area (Å²) in [4.78, 5) is 0.789. The minimum Gasteiger partial charge on any atom is -0.306 e. The van der Waals surface area contributed by atoms with Gasteiger partial charge in [0.2, 0.25) is 0 Å². The van der Waals surface area contributed by atoms with E-state index in [1.54, 1.807) is 23.9 Å². The predicted octanol–water partition coefficient (Wildman–Crippen LogP) is 4.85. The van der Waals surface area contributed by atoms with Crippen LogP contribution in [0.3, 0.4) is 0 Å². The fourth-order valence-electron chi connectivity index (χ4n) is 3.25. The van der Waals surface area contributed by atoms with Gasteiger partial charge < -0.3 is 5.32 Å². The molecular formula is C20H20FN3S. The van der Waals surface area contributed by atoms with E-state index in [-0.39, 0.29) is 11.9 Å². The molecule has 4 rings (SSSR count). The van der Waals surface area contributed by atoms with Crippen LogP contribution in [0.4, 0.5) is 4.39 Å². The highest BCUT2D eigenvalue weighted by atomic mass is 32.2. The zero-order chi connectivity index (χ0) is 17.2. The first-order valence-electron chi connectivity index (χ1n) is 8.46. The van der Waals surface area contributed by atoms with Crippen molar-refractivity contribution in [1.82, 2.24) is 15.5 Å². The van der Waals surface area contributed by atoms with Gasteiger partial charge in [0.05, 0.1) is 11.9 Å². The number of hydrogen-bond donors (Lipinski definition) is 2. The van der Waals surface area contributed by atoms with E-state index in [2.05, 4.69) is 46.7 Å². The number of benzene rings is 2. The van der Waals surface area contributed by atoms with Crippen LogP contribution in [-0.2, 0) is 6.54 Å². The second-order valence-corrected chi connectivity index (χ2v) is 7.47. The molecule has 0 amide bonds. The SMILES string of the molecule is Cc1ccc(-c2[nH]ncc2CNC2CCSc3c(F)cccc32)cc1. The number of fused-ring (bicyclic) bond motifs is 1. The minimum atomic E-state index is -0.113. The number of nitrogens with one attached hydrogen (secondary N) is 2. The van der Waals surface area contributed by atoms with Gasteiger partial charge in [-0.2, -0.15) is 5.10 Å². The second-order valence-electron chi connectivity index (χ2n) is 6.37. The highest BCUT2D eigenvalue weighted by Gasteiger charge is 2.23. The predicted molar refractivity (Wildman–Crippen MR) is 100 cm³/mol. The number of H-pyrrole nitrogens is 1. The van der Waals surface area contributed by atoms with Crippen LogP contribution >= 0.6 is 11.8 Å². The van der Waals surface area contributed by atoms with E-state index in [1.807, 2.05) is 12.3 Å². The van der Waals surface area contributed by atoms with Gasteiger partial charge in [-0.1, -0.05) is 42.0 Å². The molecular weight excluding hydrogens is 333 g/mol. The number of aryl methyl sites for hydroxylation is 1. The van der Waals surface area contributed by atoms with E-state index in [0.29, 0.717) is 6.54 Å². The lowest BCUT2D eigenvalue weighted by molar-refractivity contribution is 0.497. The summed E-state index contributed by atoms with van der Waals surface area (Å²) in [5.41, 5.74) is 5.60. The molecule has 2 N–H and O–H groups in total. The summed E-state index contributed by atoms with van der Waals surface area (Å²) in [6.45, 7) is 2.78. The van der Waals surface area contributed by atoms with E-state index in [4.69, 9.17) is 0 Å². The molecule has 128 valence electrons. The van der Waals surface area contributed by atoms with Crippen molar-refractivity contribution in [2.75, 3.05) is 5.75 Å². The number of rotatable bonds is 4. The smallest absolute Gasteiger partial charge is 0.137 e. The molecule has 0 radical (unpaired) electrons. The van der Waals surface area contributed by atoms with Crippen LogP contribution in [0, 0.1) is 12.7 Å². The van der Waals surface area contributed by atoms with Crippen LogP contribution < -0.4 is 5.32 Å². The first-order valence-corrected chi connectivity index (χ1v) is 9.45. The van der Waals surface area contributed by atoms with Crippen molar-refractivity contribution in [1.29, 1.82) is 0 Å². The summed E-state index contributed by atoms with van der Waals surface area (Å²) in [6.07, 6.45) is 2.87. The van der Waals surface area contributed by atoms with Crippen molar-refractivity contribution in [2.45, 2.75) is 30.8 Å². The number of nitrogens with zero attached hydrogens (tertiary/aromatic N) is 1. The van der Waals surface area contributed by atoms with Gasteiger partial charge in [0.25, 0.3) is 0 Å². The van der Waals surface area contributed by atoms with Gasteiger partial charge in [0, 0.05) is 23.0 Å². The molecule has 2 aromatic carbocycles. The summed E-state index contributed by atoms with van der Waals surface area (Å²) in [7, 11) is 0. The molecule has 5 heteroatoms. The quantitative estimate of drug-likeness (QED) is 0.704. The van der Waals surface area contributed by atoms with Gasteiger partial charge in [0.15, 0.2) is 0 Å². The Hall–Kier alpha value is -2.11. The average molecular weight is 353 g/mol. The molecule has 0 saturated heterocycles. The molecule has 1 aliphatic heterocycles. The van der Waals surface area contributed by atoms with Gasteiger partial charge in [-0.25, -0.2) is 4.39 Å². The van der Waals surface area contributed by atoms with Crippen molar-refractivity contribution in [3.05, 3.63) is 71.2 Å². The summed E-state index contributed by atoms with van der Waals surface area (Å²) >= 11 is 1.61. The molecule has 0 spiro atoms. The molecule has 25 heavy (non-hydrogen) atoms. The topological polar surface area (TPSA) is 40.7 Å². The molecule has 3 aromatic rings. The Morgan fingerprint density at radius 1 is 1.24 bits per heavy atom. The van der Waals surface area contributed by atoms with Crippen LogP contribution in [0.15, 0.2) is 53.6 Å². The number of halogens is 1. The molecule has 0 aliphatic carbocycles. The Labute approximate surface area is 151 Å². The van der Waals surface area contributed by atoms with E-state index >= 15 is 0 Å². The van der Waals surface area contributed by atoms with Crippen LogP contribution in [0.1, 0.15) is 29.2 Å². The van der Waals surface area contributed by atoms with Gasteiger partial charge in [-0.15, -0.1) is 11.8 Å². The highest BCUT2D eigenvalue weighted by molar-refractivity contribution is 7.99. The number of aromatic nitrogens is 2. The van der Waals surface area contributed by atoms with Gasteiger partial charge >= 0.3 is 0 Å². The number of thioether (sulfide) groups is 1. The molecule has 1 atom stereocenters. The second kappa shape index (κ2) is 7.02. The monoisotopic (exact) mass is 353 g/mol. The molecule has 1 unspecified atom stereocenters. The first-order chi connectivity index (χ1) is 12.2. The number of hydrogen-bond acceptors (Lipinski definition) is 3. The van der Waals surface area contributed by atoms with Gasteiger partial charge in [-0.3, -0.25) is 5.10 Å². The van der Waals surface area contributed by atoms with Gasteiger partial charge in [-0.05, 0) is 36.3 Å². The lowest BCUT2D eigenvalue weighted by Crippen LogP contribution is -2.24. The molecule has 1 aromatic heterocycles. The third-order valence-electron chi connectivity index (χ3n) is 4.62. The summed E-state index contributed by atoms with van der Waals surface area (Å²) in [6, 6.07) is 14.0. The van der Waals surface area contributed by atoms with Crippen molar-refractivity contribution >= 4 is 11.8 Å². The fraction of sp³-hybridized carbons (Fsp3) is 0.250. The maximum Gasteiger partial charge on any atom is 0.137 e. The maximum atomic E-state index is 14.0. The largest absolute Gasteiger partial charge is 0.306 e. The van der Waals surface area contributed by atoms with Crippen LogP contribution in [0.25, 0.3) is 11.3 Å². The Morgan fingerprint density at radius 3 is 2.92 bits per heavy atom. The Kier molecular flexibility index (Phi) is 4.59. The lowest BCUT2D eigenvalue weighted by Gasteiger charge is -2.26. The van der Waals surface area contributed by atoms with Crippen LogP contribution in [0.5, 0.6) is 0 Å². The average Bonchev–Trinajstić information content (AvgIpc) is 3.09. The van der Waals surface area contributed by atoms with Crippen molar-refractivity contribution < 1.29 is 4.39 Å². The highest BCUT2D eigenvalue weighted by Crippen LogP contribution is 2.38. The van der Waals surface area contributed by atoms with Crippen molar-refractivity contribution in [3.63, 3.8) is 0 Å². The fourth-order valence-corrected chi connectivity index (χ4v) is 4.39. The standard InChI is InChI=1S/C20H20FN3S/c1-13-5-7-14(8-6-13)19-15(12-23-24-19)11-22-18-9-10-25-20-16(18)3-2-4-17(20)21/h2-8,12,18,22H,9-11H2,1H3,(H,23,24). The molecule has 0 saturated carbocycles. The molecule has 1 aliphatic rings. The maximum absolute atomic E-state index is 14.0. The normalized spacial score (nSPS) is 16.6. The van der Waals surface area contributed by atoms with Crippen LogP contribution in [-0.4, -0.2) is 16.0 Å². The number of aromatic amines is 1. The molecule has 2 heterocycles. The Balaban J connectivity index is 1.53. The van der Waals surface area contributed by atoms with Crippen molar-refractivity contribution in [3.8, 4) is 11.3 Å². The summed E-state index contributed by atoms with van der Waals surface area (Å²) in [5.74, 6) is 0.819. The first kappa shape index (κ1) is 16.4. The van der Waals surface area contributed by atoms with E-state index in [0.717, 1.165) is 39.5 Å². The Bertz CT molecular complexity index is 873. The van der Waals surface area contributed by atoms with Crippen LogP contribution in [0.2, 0.25) is 0 Å². The summed E-state index contributed by atoms with van der Waals surface area (Å²) < 4.78 is 14.0. The summed E-state index contributed by atoms with van der Waals surface area (Å²) in [5, 5.41) is 10.9. The van der Waals surface area contributed by atoms with Crippen molar-refractivity contribution in [2.24, 2.45) is 0 Å².